The van der Waals surface area contributed by atoms with Gasteiger partial charge in [0, 0.05) is 30.8 Å². The summed E-state index contributed by atoms with van der Waals surface area (Å²) in [5.74, 6) is 0.369. The number of anilines is 3. The number of ether oxygens (including phenoxy) is 1. The molecule has 5 rings (SSSR count). The molecule has 1 aliphatic heterocycles. The Kier molecular flexibility index (Phi) is 6.59. The van der Waals surface area contributed by atoms with E-state index in [1.165, 1.54) is 25.3 Å². The Bertz CT molecular complexity index is 1610. The summed E-state index contributed by atoms with van der Waals surface area (Å²) in [5, 5.41) is 3.44. The molecule has 1 fully saturated rings. The summed E-state index contributed by atoms with van der Waals surface area (Å²) >= 11 is 6.35. The van der Waals surface area contributed by atoms with Crippen LogP contribution in [0.3, 0.4) is 0 Å². The molecular weight excluding hydrogens is 516 g/mol. The van der Waals surface area contributed by atoms with Crippen molar-refractivity contribution in [2.75, 3.05) is 30.2 Å². The van der Waals surface area contributed by atoms with Crippen molar-refractivity contribution in [2.45, 2.75) is 10.9 Å². The number of hydrogen-bond acceptors (Lipinski definition) is 8. The third-order valence-corrected chi connectivity index (χ3v) is 7.48. The summed E-state index contributed by atoms with van der Waals surface area (Å²) in [6, 6.07) is 17.8. The summed E-state index contributed by atoms with van der Waals surface area (Å²) in [7, 11) is -2.62. The average Bonchev–Trinajstić information content (AvgIpc) is 2.88. The number of benzene rings is 3. The van der Waals surface area contributed by atoms with Crippen LogP contribution in [-0.2, 0) is 10.0 Å². The van der Waals surface area contributed by atoms with Crippen molar-refractivity contribution in [3.05, 3.63) is 77.3 Å². The number of nitrogens with zero attached hydrogens (tertiary/aromatic N) is 3. The van der Waals surface area contributed by atoms with E-state index in [0.29, 0.717) is 40.6 Å². The number of sulfonamides is 1. The monoisotopic (exact) mass is 538 g/mol. The lowest BCUT2D eigenvalue weighted by Gasteiger charge is -2.36. The van der Waals surface area contributed by atoms with Crippen molar-refractivity contribution in [3.63, 3.8) is 0 Å². The summed E-state index contributed by atoms with van der Waals surface area (Å²) in [5.41, 5.74) is 7.51. The largest absolute Gasteiger partial charge is 0.497 e. The van der Waals surface area contributed by atoms with Crippen molar-refractivity contribution >= 4 is 55.9 Å². The molecule has 4 N–H and O–H groups in total. The molecule has 1 amide bonds. The topological polar surface area (TPSA) is 140 Å². The zero-order chi connectivity index (χ0) is 26.2. The van der Waals surface area contributed by atoms with Gasteiger partial charge in [-0.15, -0.1) is 0 Å². The molecule has 190 valence electrons. The van der Waals surface area contributed by atoms with Crippen molar-refractivity contribution in [2.24, 2.45) is 5.73 Å². The molecule has 4 aromatic rings. The molecule has 2 heterocycles. The van der Waals surface area contributed by atoms with Gasteiger partial charge in [-0.1, -0.05) is 29.8 Å². The van der Waals surface area contributed by atoms with E-state index in [1.54, 1.807) is 53.4 Å². The van der Waals surface area contributed by atoms with Crippen molar-refractivity contribution in [3.8, 4) is 5.75 Å². The van der Waals surface area contributed by atoms with Crippen LogP contribution in [-0.4, -0.2) is 55.4 Å². The lowest BCUT2D eigenvalue weighted by molar-refractivity contribution is 0.0608. The molecule has 0 radical (unpaired) electrons. The Morgan fingerprint density at radius 1 is 1.03 bits per heavy atom. The van der Waals surface area contributed by atoms with Gasteiger partial charge in [-0.25, -0.2) is 18.4 Å². The highest BCUT2D eigenvalue weighted by Gasteiger charge is 2.29. The third-order valence-electron chi connectivity index (χ3n) is 5.82. The fourth-order valence-electron chi connectivity index (χ4n) is 3.86. The molecule has 0 aliphatic carbocycles. The minimum Gasteiger partial charge on any atom is -0.497 e. The van der Waals surface area contributed by atoms with Gasteiger partial charge in [-0.2, -0.15) is 0 Å². The Morgan fingerprint density at radius 3 is 2.41 bits per heavy atom. The first-order chi connectivity index (χ1) is 17.7. The number of hydrogen-bond donors (Lipinski definition) is 3. The second-order valence-corrected chi connectivity index (χ2v) is 10.6. The van der Waals surface area contributed by atoms with Crippen LogP contribution < -0.4 is 20.5 Å². The van der Waals surface area contributed by atoms with Crippen LogP contribution in [0.4, 0.5) is 17.3 Å². The molecule has 10 nitrogen and oxygen atoms in total. The van der Waals surface area contributed by atoms with Gasteiger partial charge in [0.15, 0.2) is 11.6 Å². The molecule has 12 heteroatoms. The highest BCUT2D eigenvalue weighted by molar-refractivity contribution is 7.92. The van der Waals surface area contributed by atoms with Gasteiger partial charge in [-0.05, 0) is 42.5 Å². The molecule has 0 spiro atoms. The molecule has 37 heavy (non-hydrogen) atoms. The Morgan fingerprint density at radius 2 is 1.73 bits per heavy atom. The van der Waals surface area contributed by atoms with Gasteiger partial charge < -0.3 is 20.7 Å². The molecule has 0 unspecified atom stereocenters. The van der Waals surface area contributed by atoms with Crippen LogP contribution in [0.25, 0.3) is 11.0 Å². The number of methoxy groups -OCH3 is 1. The Labute approximate surface area is 218 Å². The summed E-state index contributed by atoms with van der Waals surface area (Å²) in [6.45, 7) is 0.866. The van der Waals surface area contributed by atoms with Crippen LogP contribution in [0, 0.1) is 0 Å². The first-order valence-electron chi connectivity index (χ1n) is 11.3. The smallest absolute Gasteiger partial charge is 0.263 e. The second kappa shape index (κ2) is 9.85. The van der Waals surface area contributed by atoms with Gasteiger partial charge in [0.05, 0.1) is 33.7 Å². The molecule has 3 aromatic carbocycles. The van der Waals surface area contributed by atoms with E-state index in [1.807, 2.05) is 0 Å². The maximum Gasteiger partial charge on any atom is 0.263 e. The molecule has 0 atom stereocenters. The predicted octanol–water partition coefficient (Wildman–Crippen LogP) is 3.62. The minimum atomic E-state index is -4.15. The number of halogens is 1. The van der Waals surface area contributed by atoms with Gasteiger partial charge >= 0.3 is 0 Å². The maximum atomic E-state index is 13.4. The fraction of sp³-hybridized carbons (Fsp3) is 0.160. The van der Waals surface area contributed by atoms with Crippen molar-refractivity contribution in [1.29, 1.82) is 0 Å². The van der Waals surface area contributed by atoms with E-state index in [9.17, 15) is 13.2 Å². The minimum absolute atomic E-state index is 0.0389. The van der Waals surface area contributed by atoms with Gasteiger partial charge in [0.2, 0.25) is 0 Å². The number of para-hydroxylation sites is 2. The lowest BCUT2D eigenvalue weighted by Crippen LogP contribution is -2.57. The van der Waals surface area contributed by atoms with E-state index >= 15 is 0 Å². The molecule has 1 aliphatic rings. The Hall–Kier alpha value is -3.93. The van der Waals surface area contributed by atoms with E-state index in [0.717, 1.165) is 0 Å². The molecule has 0 saturated carbocycles. The highest BCUT2D eigenvalue weighted by atomic mass is 35.5. The summed E-state index contributed by atoms with van der Waals surface area (Å²) in [6.07, 6.45) is 0. The van der Waals surface area contributed by atoms with E-state index < -0.39 is 10.0 Å². The van der Waals surface area contributed by atoms with E-state index in [2.05, 4.69) is 20.0 Å². The fourth-order valence-corrected chi connectivity index (χ4v) is 5.08. The van der Waals surface area contributed by atoms with Gasteiger partial charge in [0.1, 0.15) is 5.75 Å². The lowest BCUT2D eigenvalue weighted by atomic mass is 10.1. The van der Waals surface area contributed by atoms with Crippen LogP contribution in [0.5, 0.6) is 5.75 Å². The number of fused-ring (bicyclic) bond motifs is 1. The quantitative estimate of drug-likeness (QED) is 0.324. The number of likely N-dealkylation sites (tertiary alicyclic amines) is 1. The predicted molar refractivity (Wildman–Crippen MR) is 142 cm³/mol. The number of nitrogens with one attached hydrogen (secondary N) is 2. The SMILES string of the molecule is COc1ccc(Cl)c(Nc2nc3ccccc3nc2NS(=O)(=O)c2cccc(C(=O)N3CC(N)C3)c2)c1. The number of carbonyl (C=O) groups excluding carboxylic acids is 1. The van der Waals surface area contributed by atoms with E-state index in [4.69, 9.17) is 22.1 Å². The first-order valence-corrected chi connectivity index (χ1v) is 13.1. The normalized spacial score (nSPS) is 13.8. The zero-order valence-electron chi connectivity index (χ0n) is 19.7. The number of nitrogens with two attached hydrogens (primary N) is 1. The molecule has 1 aromatic heterocycles. The van der Waals surface area contributed by atoms with Crippen molar-refractivity contribution < 1.29 is 17.9 Å². The van der Waals surface area contributed by atoms with Crippen LogP contribution in [0.1, 0.15) is 10.4 Å². The number of amides is 1. The standard InChI is InChI=1S/C25H23ClN6O4S/c1-36-17-9-10-19(26)22(12-17)30-23-24(29-21-8-3-2-7-20(21)28-23)31-37(34,35)18-6-4-5-15(11-18)25(33)32-13-16(27)14-32/h2-12,16H,13-14,27H2,1H3,(H,28,30)(H,29,31). The van der Waals surface area contributed by atoms with E-state index in [-0.39, 0.29) is 34.0 Å². The van der Waals surface area contributed by atoms with Crippen molar-refractivity contribution in [1.82, 2.24) is 14.9 Å². The maximum absolute atomic E-state index is 13.4. The van der Waals surface area contributed by atoms with Crippen LogP contribution >= 0.6 is 11.6 Å². The Balaban J connectivity index is 1.51. The first kappa shape index (κ1) is 24.8. The number of rotatable bonds is 7. The van der Waals surface area contributed by atoms with Gasteiger partial charge in [0.25, 0.3) is 15.9 Å². The third kappa shape index (κ3) is 5.15. The van der Waals surface area contributed by atoms with Crippen LogP contribution in [0.2, 0.25) is 5.02 Å². The molecule has 0 bridgehead atoms. The van der Waals surface area contributed by atoms with Crippen LogP contribution in [0.15, 0.2) is 71.6 Å². The van der Waals surface area contributed by atoms with Gasteiger partial charge in [-0.3, -0.25) is 9.52 Å². The number of aromatic nitrogens is 2. The summed E-state index contributed by atoms with van der Waals surface area (Å²) in [4.78, 5) is 23.2. The highest BCUT2D eigenvalue weighted by Crippen LogP contribution is 2.32. The average molecular weight is 539 g/mol. The zero-order valence-corrected chi connectivity index (χ0v) is 21.3. The molecular formula is C25H23ClN6O4S. The second-order valence-electron chi connectivity index (χ2n) is 8.48. The number of carbonyl (C=O) groups is 1. The summed E-state index contributed by atoms with van der Waals surface area (Å²) < 4.78 is 34.6. The molecule has 1 saturated heterocycles.